The van der Waals surface area contributed by atoms with E-state index in [2.05, 4.69) is 10.3 Å². The fraction of sp³-hybridized carbons (Fsp3) is 0.118. The lowest BCUT2D eigenvalue weighted by Crippen LogP contribution is -2.28. The summed E-state index contributed by atoms with van der Waals surface area (Å²) in [5, 5.41) is 14.2. The van der Waals surface area contributed by atoms with Crippen molar-refractivity contribution in [3.63, 3.8) is 0 Å². The summed E-state index contributed by atoms with van der Waals surface area (Å²) < 4.78 is 13.2. The third kappa shape index (κ3) is 3.53. The average molecular weight is 367 g/mol. The Kier molecular flexibility index (Phi) is 4.76. The number of nitrogens with one attached hydrogen (secondary N) is 2. The van der Waals surface area contributed by atoms with Gasteiger partial charge in [-0.25, -0.2) is 4.39 Å². The van der Waals surface area contributed by atoms with E-state index in [1.54, 1.807) is 24.3 Å². The van der Waals surface area contributed by atoms with Crippen LogP contribution in [0.25, 0.3) is 10.9 Å². The van der Waals surface area contributed by atoms with Crippen molar-refractivity contribution in [2.24, 2.45) is 0 Å². The molecule has 0 spiro atoms. The minimum absolute atomic E-state index is 0.0239. The number of benzene rings is 2. The molecule has 3 rings (SSSR count). The number of rotatable bonds is 4. The van der Waals surface area contributed by atoms with E-state index in [-0.39, 0.29) is 18.1 Å². The number of hydrogen-bond donors (Lipinski definition) is 3. The lowest BCUT2D eigenvalue weighted by atomic mass is 10.1. The van der Waals surface area contributed by atoms with Gasteiger partial charge in [-0.3, -0.25) is 4.79 Å². The van der Waals surface area contributed by atoms with Crippen molar-refractivity contribution in [3.05, 3.63) is 69.6 Å². The van der Waals surface area contributed by atoms with Crippen molar-refractivity contribution < 1.29 is 14.3 Å². The summed E-state index contributed by atoms with van der Waals surface area (Å²) in [6.07, 6.45) is -0.972. The molecule has 0 saturated carbocycles. The van der Waals surface area contributed by atoms with Crippen molar-refractivity contribution in [2.75, 3.05) is 6.54 Å². The van der Waals surface area contributed by atoms with Crippen LogP contribution in [0.5, 0.6) is 0 Å². The maximum atomic E-state index is 13.2. The maximum Gasteiger partial charge on any atom is 0.267 e. The van der Waals surface area contributed by atoms with Gasteiger partial charge in [0.25, 0.3) is 5.91 Å². The van der Waals surface area contributed by atoms with E-state index < -0.39 is 12.0 Å². The normalized spacial score (nSPS) is 12.3. The van der Waals surface area contributed by atoms with Crippen LogP contribution in [0.1, 0.15) is 22.2 Å². The lowest BCUT2D eigenvalue weighted by molar-refractivity contribution is 0.0912. The average Bonchev–Trinajstić information content (AvgIpc) is 2.95. The van der Waals surface area contributed by atoms with E-state index in [1.165, 1.54) is 18.2 Å². The quantitative estimate of drug-likeness (QED) is 0.651. The molecule has 0 aliphatic heterocycles. The Labute approximate surface area is 147 Å². The molecule has 2 aromatic carbocycles. The van der Waals surface area contributed by atoms with Crippen LogP contribution >= 0.6 is 23.2 Å². The predicted molar refractivity (Wildman–Crippen MR) is 92.0 cm³/mol. The molecule has 7 heteroatoms. The molecule has 0 aliphatic carbocycles. The van der Waals surface area contributed by atoms with Gasteiger partial charge in [0.2, 0.25) is 0 Å². The Bertz CT molecular complexity index is 911. The van der Waals surface area contributed by atoms with Gasteiger partial charge in [0, 0.05) is 33.1 Å². The Balaban J connectivity index is 1.69. The van der Waals surface area contributed by atoms with Gasteiger partial charge in [-0.1, -0.05) is 29.3 Å². The first-order valence-corrected chi connectivity index (χ1v) is 7.89. The maximum absolute atomic E-state index is 13.2. The number of fused-ring (bicyclic) bond motifs is 1. The number of amides is 1. The second-order valence-electron chi connectivity index (χ2n) is 5.31. The summed E-state index contributed by atoms with van der Waals surface area (Å²) in [7, 11) is 0. The van der Waals surface area contributed by atoms with Gasteiger partial charge in [-0.2, -0.15) is 0 Å². The molecule has 1 aromatic heterocycles. The van der Waals surface area contributed by atoms with Crippen molar-refractivity contribution in [2.45, 2.75) is 6.10 Å². The Hall–Kier alpha value is -2.08. The Morgan fingerprint density at radius 3 is 2.75 bits per heavy atom. The van der Waals surface area contributed by atoms with Crippen LogP contribution in [0.15, 0.2) is 42.5 Å². The lowest BCUT2D eigenvalue weighted by Gasteiger charge is -2.13. The van der Waals surface area contributed by atoms with Crippen LogP contribution < -0.4 is 5.32 Å². The number of aliphatic hydroxyl groups excluding tert-OH is 1. The topological polar surface area (TPSA) is 65.1 Å². The fourth-order valence-electron chi connectivity index (χ4n) is 2.39. The molecule has 3 N–H and O–H groups in total. The second kappa shape index (κ2) is 6.81. The van der Waals surface area contributed by atoms with Crippen molar-refractivity contribution >= 4 is 40.0 Å². The van der Waals surface area contributed by atoms with Crippen LogP contribution in [-0.4, -0.2) is 22.5 Å². The van der Waals surface area contributed by atoms with E-state index in [0.717, 1.165) is 0 Å². The van der Waals surface area contributed by atoms with E-state index in [1.807, 2.05) is 0 Å². The van der Waals surface area contributed by atoms with E-state index >= 15 is 0 Å². The number of carbonyl (C=O) groups is 1. The number of carbonyl (C=O) groups excluding carboxylic acids is 1. The molecular formula is C17H13Cl2FN2O2. The summed E-state index contributed by atoms with van der Waals surface area (Å²) in [4.78, 5) is 15.1. The molecule has 1 heterocycles. The smallest absolute Gasteiger partial charge is 0.267 e. The first kappa shape index (κ1) is 16.8. The molecule has 0 aliphatic rings. The zero-order valence-corrected chi connectivity index (χ0v) is 13.8. The molecule has 24 heavy (non-hydrogen) atoms. The van der Waals surface area contributed by atoms with E-state index in [0.29, 0.717) is 26.5 Å². The summed E-state index contributed by atoms with van der Waals surface area (Å²) >= 11 is 11.8. The molecule has 1 atom stereocenters. The monoisotopic (exact) mass is 366 g/mol. The third-order valence-corrected chi connectivity index (χ3v) is 4.17. The number of H-pyrrole nitrogens is 1. The van der Waals surface area contributed by atoms with E-state index in [9.17, 15) is 14.3 Å². The zero-order chi connectivity index (χ0) is 17.3. The van der Waals surface area contributed by atoms with Crippen molar-refractivity contribution in [1.82, 2.24) is 10.3 Å². The first-order valence-electron chi connectivity index (χ1n) is 7.13. The van der Waals surface area contributed by atoms with Gasteiger partial charge >= 0.3 is 0 Å². The fourth-order valence-corrected chi connectivity index (χ4v) is 2.93. The van der Waals surface area contributed by atoms with Gasteiger partial charge in [-0.15, -0.1) is 0 Å². The molecule has 0 saturated heterocycles. The highest BCUT2D eigenvalue weighted by atomic mass is 35.5. The highest BCUT2D eigenvalue weighted by molar-refractivity contribution is 6.35. The van der Waals surface area contributed by atoms with Gasteiger partial charge in [0.1, 0.15) is 11.5 Å². The molecular weight excluding hydrogens is 354 g/mol. The van der Waals surface area contributed by atoms with Crippen LogP contribution in [0.4, 0.5) is 4.39 Å². The standard InChI is InChI=1S/C17H13Cl2FN2O2/c18-10-1-3-12(13(19)7-10)16(23)8-21-17(24)15-6-9-5-11(20)2-4-14(9)22-15/h1-7,16,22-23H,8H2,(H,21,24). The minimum atomic E-state index is -0.972. The predicted octanol–water partition coefficient (Wildman–Crippen LogP) is 4.08. The zero-order valence-electron chi connectivity index (χ0n) is 12.3. The molecule has 0 bridgehead atoms. The Morgan fingerprint density at radius 2 is 2.00 bits per heavy atom. The van der Waals surface area contributed by atoms with Crippen molar-refractivity contribution in [1.29, 1.82) is 0 Å². The molecule has 4 nitrogen and oxygen atoms in total. The molecule has 124 valence electrons. The number of aromatic amines is 1. The number of hydrogen-bond acceptors (Lipinski definition) is 2. The molecule has 3 aromatic rings. The first-order chi connectivity index (χ1) is 11.4. The van der Waals surface area contributed by atoms with Crippen LogP contribution in [-0.2, 0) is 0 Å². The third-order valence-electron chi connectivity index (χ3n) is 3.60. The second-order valence-corrected chi connectivity index (χ2v) is 6.15. The molecule has 0 fully saturated rings. The molecule has 0 radical (unpaired) electrons. The SMILES string of the molecule is O=C(NCC(O)c1ccc(Cl)cc1Cl)c1cc2cc(F)ccc2[nH]1. The number of halogens is 3. The molecule has 1 amide bonds. The van der Waals surface area contributed by atoms with Gasteiger partial charge < -0.3 is 15.4 Å². The number of aromatic nitrogens is 1. The van der Waals surface area contributed by atoms with Gasteiger partial charge in [-0.05, 0) is 36.4 Å². The molecule has 1 unspecified atom stereocenters. The van der Waals surface area contributed by atoms with Crippen LogP contribution in [0.3, 0.4) is 0 Å². The summed E-state index contributed by atoms with van der Waals surface area (Å²) in [5.41, 5.74) is 1.41. The van der Waals surface area contributed by atoms with Crippen molar-refractivity contribution in [3.8, 4) is 0 Å². The van der Waals surface area contributed by atoms with Gasteiger partial charge in [0.05, 0.1) is 6.10 Å². The summed E-state index contributed by atoms with van der Waals surface area (Å²) in [6, 6.07) is 10.5. The van der Waals surface area contributed by atoms with Crippen LogP contribution in [0, 0.1) is 5.82 Å². The summed E-state index contributed by atoms with van der Waals surface area (Å²) in [5.74, 6) is -0.781. The van der Waals surface area contributed by atoms with Gasteiger partial charge in [0.15, 0.2) is 0 Å². The van der Waals surface area contributed by atoms with E-state index in [4.69, 9.17) is 23.2 Å². The van der Waals surface area contributed by atoms with Crippen LogP contribution in [0.2, 0.25) is 10.0 Å². The minimum Gasteiger partial charge on any atom is -0.387 e. The summed E-state index contributed by atoms with van der Waals surface area (Å²) in [6.45, 7) is -0.0239. The highest BCUT2D eigenvalue weighted by Gasteiger charge is 2.15. The number of aliphatic hydroxyl groups is 1. The Morgan fingerprint density at radius 1 is 1.21 bits per heavy atom. The highest BCUT2D eigenvalue weighted by Crippen LogP contribution is 2.26. The largest absolute Gasteiger partial charge is 0.387 e.